The van der Waals surface area contributed by atoms with Crippen molar-refractivity contribution in [3.8, 4) is 11.5 Å². The first-order valence-electron chi connectivity index (χ1n) is 11.3. The summed E-state index contributed by atoms with van der Waals surface area (Å²) in [6.07, 6.45) is 3.42. The van der Waals surface area contributed by atoms with Gasteiger partial charge in [0.15, 0.2) is 17.5 Å². The van der Waals surface area contributed by atoms with Crippen molar-refractivity contribution in [1.29, 1.82) is 0 Å². The average molecular weight is 439 g/mol. The lowest BCUT2D eigenvalue weighted by Crippen LogP contribution is -2.37. The highest BCUT2D eigenvalue weighted by atomic mass is 16.5. The van der Waals surface area contributed by atoms with Crippen molar-refractivity contribution in [3.05, 3.63) is 59.2 Å². The van der Waals surface area contributed by atoms with E-state index in [4.69, 9.17) is 9.47 Å². The zero-order valence-corrected chi connectivity index (χ0v) is 19.3. The van der Waals surface area contributed by atoms with Crippen molar-refractivity contribution in [3.63, 3.8) is 0 Å². The van der Waals surface area contributed by atoms with Gasteiger partial charge >= 0.3 is 0 Å². The number of hydrogen-bond donors (Lipinski definition) is 2. The summed E-state index contributed by atoms with van der Waals surface area (Å²) < 4.78 is 10.7. The fourth-order valence-corrected chi connectivity index (χ4v) is 3.72. The van der Waals surface area contributed by atoms with Gasteiger partial charge in [-0.3, -0.25) is 4.79 Å². The molecule has 1 heterocycles. The maximum absolute atomic E-state index is 12.6. The fourth-order valence-electron chi connectivity index (χ4n) is 3.72. The van der Waals surface area contributed by atoms with E-state index >= 15 is 0 Å². The summed E-state index contributed by atoms with van der Waals surface area (Å²) in [6, 6.07) is 13.6. The molecule has 2 aromatic rings. The zero-order chi connectivity index (χ0) is 22.8. The number of hydrogen-bond acceptors (Lipinski definition) is 4. The number of aliphatic imine (C=N–C) groups is 1. The first kappa shape index (κ1) is 23.4. The molecule has 1 amide bonds. The Morgan fingerprint density at radius 1 is 0.938 bits per heavy atom. The molecule has 1 saturated heterocycles. The number of benzene rings is 2. The van der Waals surface area contributed by atoms with Crippen molar-refractivity contribution < 1.29 is 14.3 Å². The Morgan fingerprint density at radius 2 is 1.62 bits per heavy atom. The fraction of sp³-hybridized carbons (Fsp3) is 0.440. The van der Waals surface area contributed by atoms with Gasteiger partial charge in [0.2, 0.25) is 0 Å². The predicted molar refractivity (Wildman–Crippen MR) is 127 cm³/mol. The minimum absolute atomic E-state index is 0.133. The lowest BCUT2D eigenvalue weighted by Gasteiger charge is -2.26. The summed E-state index contributed by atoms with van der Waals surface area (Å²) in [4.78, 5) is 19.3. The molecule has 1 aliphatic rings. The number of carbonyl (C=O) groups excluding carboxylic acids is 1. The molecule has 0 aliphatic carbocycles. The van der Waals surface area contributed by atoms with Gasteiger partial charge < -0.3 is 25.0 Å². The van der Waals surface area contributed by atoms with Crippen molar-refractivity contribution in [2.45, 2.75) is 39.3 Å². The third-order valence-electron chi connectivity index (χ3n) is 5.52. The normalized spacial score (nSPS) is 14.1. The van der Waals surface area contributed by atoms with Gasteiger partial charge in [0.1, 0.15) is 0 Å². The van der Waals surface area contributed by atoms with Crippen LogP contribution in [0.4, 0.5) is 0 Å². The second kappa shape index (κ2) is 12.0. The number of amides is 1. The molecule has 7 nitrogen and oxygen atoms in total. The molecule has 1 fully saturated rings. The second-order valence-corrected chi connectivity index (χ2v) is 7.79. The minimum Gasteiger partial charge on any atom is -0.493 e. The van der Waals surface area contributed by atoms with Crippen LogP contribution in [0.15, 0.2) is 47.5 Å². The van der Waals surface area contributed by atoms with E-state index in [0.29, 0.717) is 24.6 Å². The van der Waals surface area contributed by atoms with Crippen LogP contribution in [0.5, 0.6) is 11.5 Å². The summed E-state index contributed by atoms with van der Waals surface area (Å²) >= 11 is 0. The highest BCUT2D eigenvalue weighted by Gasteiger charge is 2.17. The molecule has 172 valence electrons. The zero-order valence-electron chi connectivity index (χ0n) is 19.3. The van der Waals surface area contributed by atoms with Crippen molar-refractivity contribution >= 4 is 11.9 Å². The van der Waals surface area contributed by atoms with E-state index < -0.39 is 0 Å². The Hall–Kier alpha value is -3.22. The predicted octanol–water partition coefficient (Wildman–Crippen LogP) is 3.59. The lowest BCUT2D eigenvalue weighted by molar-refractivity contribution is 0.0724. The number of carbonyl (C=O) groups is 1. The quantitative estimate of drug-likeness (QED) is 0.487. The number of nitrogens with zero attached hydrogens (tertiary/aromatic N) is 2. The molecule has 2 N–H and O–H groups in total. The number of rotatable bonds is 8. The highest BCUT2D eigenvalue weighted by Crippen LogP contribution is 2.27. The molecule has 0 aromatic heterocycles. The average Bonchev–Trinajstić information content (AvgIpc) is 2.86. The van der Waals surface area contributed by atoms with E-state index in [2.05, 4.69) is 15.6 Å². The second-order valence-electron chi connectivity index (χ2n) is 7.79. The molecule has 32 heavy (non-hydrogen) atoms. The van der Waals surface area contributed by atoms with E-state index in [1.807, 2.05) is 54.3 Å². The van der Waals surface area contributed by atoms with E-state index in [-0.39, 0.29) is 5.91 Å². The van der Waals surface area contributed by atoms with Gasteiger partial charge in [0, 0.05) is 31.7 Å². The lowest BCUT2D eigenvalue weighted by atomic mass is 10.1. The summed E-state index contributed by atoms with van der Waals surface area (Å²) in [5, 5.41) is 6.63. The number of piperidine rings is 1. The van der Waals surface area contributed by atoms with Gasteiger partial charge in [0.05, 0.1) is 20.8 Å². The molecule has 2 aromatic carbocycles. The van der Waals surface area contributed by atoms with Crippen molar-refractivity contribution in [2.75, 3.05) is 33.9 Å². The third-order valence-corrected chi connectivity index (χ3v) is 5.52. The van der Waals surface area contributed by atoms with Crippen LogP contribution in [0.1, 0.15) is 47.7 Å². The van der Waals surface area contributed by atoms with Crippen LogP contribution < -0.4 is 20.1 Å². The number of likely N-dealkylation sites (tertiary alicyclic amines) is 1. The molecule has 0 atom stereocenters. The SMILES string of the molecule is CCNC(=NCc1ccc(OC)c(OC)c1)NCc1ccc(C(=O)N2CCCCC2)cc1. The van der Waals surface area contributed by atoms with Crippen molar-refractivity contribution in [2.24, 2.45) is 4.99 Å². The smallest absolute Gasteiger partial charge is 0.253 e. The molecule has 7 heteroatoms. The summed E-state index contributed by atoms with van der Waals surface area (Å²) in [5.74, 6) is 2.26. The van der Waals surface area contributed by atoms with Gasteiger partial charge in [-0.2, -0.15) is 0 Å². The number of ether oxygens (including phenoxy) is 2. The van der Waals surface area contributed by atoms with Crippen LogP contribution in [0, 0.1) is 0 Å². The number of methoxy groups -OCH3 is 2. The molecule has 0 bridgehead atoms. The van der Waals surface area contributed by atoms with Gasteiger partial charge in [-0.25, -0.2) is 4.99 Å². The van der Waals surface area contributed by atoms with Crippen LogP contribution >= 0.6 is 0 Å². The first-order valence-corrected chi connectivity index (χ1v) is 11.3. The standard InChI is InChI=1S/C25H34N4O3/c1-4-26-25(28-18-20-10-13-22(31-2)23(16-20)32-3)27-17-19-8-11-21(12-9-19)24(30)29-14-6-5-7-15-29/h8-13,16H,4-7,14-15,17-18H2,1-3H3,(H2,26,27,28). The molecular formula is C25H34N4O3. The van der Waals surface area contributed by atoms with E-state index in [1.54, 1.807) is 14.2 Å². The Bertz CT molecular complexity index is 906. The van der Waals surface area contributed by atoms with Gasteiger partial charge in [-0.1, -0.05) is 18.2 Å². The molecule has 0 spiro atoms. The molecule has 3 rings (SSSR count). The number of guanidine groups is 1. The first-order chi connectivity index (χ1) is 15.6. The maximum Gasteiger partial charge on any atom is 0.253 e. The van der Waals surface area contributed by atoms with Crippen LogP contribution in [0.25, 0.3) is 0 Å². The van der Waals surface area contributed by atoms with Gasteiger partial charge in [-0.15, -0.1) is 0 Å². The summed E-state index contributed by atoms with van der Waals surface area (Å²) in [7, 11) is 3.25. The third kappa shape index (κ3) is 6.39. The molecule has 1 aliphatic heterocycles. The largest absolute Gasteiger partial charge is 0.493 e. The number of nitrogens with one attached hydrogen (secondary N) is 2. The van der Waals surface area contributed by atoms with Gasteiger partial charge in [0.25, 0.3) is 5.91 Å². The molecule has 0 radical (unpaired) electrons. The molecule has 0 unspecified atom stereocenters. The Morgan fingerprint density at radius 3 is 2.28 bits per heavy atom. The maximum atomic E-state index is 12.6. The van der Waals surface area contributed by atoms with Crippen LogP contribution in [-0.4, -0.2) is 50.6 Å². The van der Waals surface area contributed by atoms with Crippen LogP contribution in [0.3, 0.4) is 0 Å². The summed E-state index contributed by atoms with van der Waals surface area (Å²) in [5.41, 5.74) is 2.88. The monoisotopic (exact) mass is 438 g/mol. The van der Waals surface area contributed by atoms with E-state index in [0.717, 1.165) is 55.1 Å². The Kier molecular flexibility index (Phi) is 8.78. The van der Waals surface area contributed by atoms with Gasteiger partial charge in [-0.05, 0) is 61.6 Å². The van der Waals surface area contributed by atoms with Crippen molar-refractivity contribution in [1.82, 2.24) is 15.5 Å². The van der Waals surface area contributed by atoms with E-state index in [1.165, 1.54) is 6.42 Å². The topological polar surface area (TPSA) is 75.2 Å². The molecular weight excluding hydrogens is 404 g/mol. The Balaban J connectivity index is 1.58. The van der Waals surface area contributed by atoms with Crippen LogP contribution in [0.2, 0.25) is 0 Å². The van der Waals surface area contributed by atoms with E-state index in [9.17, 15) is 4.79 Å². The molecule has 0 saturated carbocycles. The summed E-state index contributed by atoms with van der Waals surface area (Å²) in [6.45, 7) is 5.67. The minimum atomic E-state index is 0.133. The van der Waals surface area contributed by atoms with Crippen LogP contribution in [-0.2, 0) is 13.1 Å². The highest BCUT2D eigenvalue weighted by molar-refractivity contribution is 5.94. The Labute approximate surface area is 190 Å².